The van der Waals surface area contributed by atoms with Gasteiger partial charge in [-0.3, -0.25) is 33.0 Å². The zero-order valence-corrected chi connectivity index (χ0v) is 67.1. The first-order chi connectivity index (χ1) is 48.6. The fourth-order valence-electron chi connectivity index (χ4n) is 12.4. The number of hydrogen-bond acceptors (Lipinski definition) is 16. The number of nitrogens with one attached hydrogen (secondary N) is 1. The Bertz CT molecular complexity index is 4000. The highest BCUT2D eigenvalue weighted by molar-refractivity contribution is 7.80. The molecule has 2 N–H and O–H groups in total. The number of benzene rings is 2. The van der Waals surface area contributed by atoms with Crippen LogP contribution in [0.1, 0.15) is 193 Å². The van der Waals surface area contributed by atoms with Gasteiger partial charge in [-0.25, -0.2) is 27.7 Å². The summed E-state index contributed by atoms with van der Waals surface area (Å²) < 4.78 is 144. The average Bonchev–Trinajstić information content (AvgIpc) is 1.43. The minimum absolute atomic E-state index is 0.000850. The third-order valence-electron chi connectivity index (χ3n) is 17.6. The van der Waals surface area contributed by atoms with Crippen molar-refractivity contribution >= 4 is 115 Å². The lowest BCUT2D eigenvalue weighted by Crippen LogP contribution is -2.39. The summed E-state index contributed by atoms with van der Waals surface area (Å²) in [5, 5.41) is 14.5. The van der Waals surface area contributed by atoms with E-state index >= 15 is 0 Å². The number of carboxylic acids is 1. The molecule has 0 bridgehead atoms. The predicted molar refractivity (Wildman–Crippen MR) is 397 cm³/mol. The van der Waals surface area contributed by atoms with E-state index in [0.29, 0.717) is 144 Å². The summed E-state index contributed by atoms with van der Waals surface area (Å²) in [6.45, 7) is 28.5. The molecule has 3 fully saturated rings. The number of rotatable bonds is 21. The largest absolute Gasteiger partial charge is 0.478 e. The van der Waals surface area contributed by atoms with E-state index in [1.54, 1.807) is 89.4 Å². The summed E-state index contributed by atoms with van der Waals surface area (Å²) in [4.78, 5) is 59.2. The van der Waals surface area contributed by atoms with Crippen LogP contribution in [0.25, 0.3) is 22.1 Å². The first kappa shape index (κ1) is 89.6. The monoisotopic (exact) mass is 1600 g/mol. The topological polar surface area (TPSA) is 240 Å². The van der Waals surface area contributed by atoms with Crippen LogP contribution >= 0.6 is 69.2 Å². The lowest BCUT2D eigenvalue weighted by molar-refractivity contribution is -0.145. The normalized spacial score (nSPS) is 18.8. The standard InChI is InChI=1S/C27H28Cl2F3N3O3.C18H13Cl2F3N2O2.C9H17NO2.C9H21O6P3.C8H19N/c1-4-38-23(36)12-16-7-9-35(10-8-16)26(37)18-5-6-21(28)20(24(18)29)14-17-13-19-15(2)11-22(27(30,31)32)33-25(19)34(17)3;1-8-5-14(18(21,22)23)24-16-11(8)6-9(25(16)2)7-12-13(19)4-3-10(15(12)20)17(26)27;1-2-12-9(11)7-8-3-5-10-6-4-8;1-4-7-16(10)13-17(11,8-5-2)15-18(12,14-16)9-6-3;1-6-9(7(2)3)8(4)5/h5-6,11,13,16H,4,7-10,12,14H2,1-3H3;3-6H,7H2,1-2H3,(H,26,27);8,10H,2-7H2,1H3;4-9H2,1-3H3;7-8H,6H2,1-5H3. The van der Waals surface area contributed by atoms with Gasteiger partial charge in [0.15, 0.2) is 0 Å². The molecule has 580 valence electrons. The third-order valence-corrected chi connectivity index (χ3v) is 28.1. The number of likely N-dealkylation sites (tertiary alicyclic amines) is 1. The fourth-order valence-corrected chi connectivity index (χ4v) is 22.8. The fraction of sp³-hybridized carbons (Fsp3) is 0.577. The molecule has 1 amide bonds. The summed E-state index contributed by atoms with van der Waals surface area (Å²) in [5.41, 5.74) is 1.72. The Balaban J connectivity index is 0.000000256. The van der Waals surface area contributed by atoms with Crippen LogP contribution in [0.15, 0.2) is 48.5 Å². The van der Waals surface area contributed by atoms with Crippen molar-refractivity contribution in [2.24, 2.45) is 25.9 Å². The number of ether oxygens (including phenoxy) is 2. The lowest BCUT2D eigenvalue weighted by atomic mass is 9.93. The minimum Gasteiger partial charge on any atom is -0.478 e. The summed E-state index contributed by atoms with van der Waals surface area (Å²) in [7, 11) is -7.47. The molecule has 0 saturated carbocycles. The first-order valence-electron chi connectivity index (χ1n) is 34.8. The van der Waals surface area contributed by atoms with E-state index < -0.39 is 52.5 Å². The predicted octanol–water partition coefficient (Wildman–Crippen LogP) is 20.0. The van der Waals surface area contributed by atoms with Crippen LogP contribution in [-0.4, -0.2) is 134 Å². The molecule has 4 aromatic heterocycles. The number of aryl methyl sites for hydroxylation is 4. The first-order valence-corrected chi connectivity index (χ1v) is 41.5. The number of alkyl halides is 6. The van der Waals surface area contributed by atoms with E-state index in [9.17, 15) is 64.3 Å². The van der Waals surface area contributed by atoms with E-state index in [1.807, 2.05) is 6.92 Å². The molecule has 3 aliphatic heterocycles. The Morgan fingerprint density at radius 3 is 1.30 bits per heavy atom. The Hall–Kier alpha value is -5.07. The maximum Gasteiger partial charge on any atom is 0.433 e. The van der Waals surface area contributed by atoms with E-state index in [4.69, 9.17) is 68.8 Å². The Morgan fingerprint density at radius 2 is 0.971 bits per heavy atom. The van der Waals surface area contributed by atoms with Gasteiger partial charge in [0.25, 0.3) is 5.91 Å². The van der Waals surface area contributed by atoms with Crippen LogP contribution in [0.2, 0.25) is 20.1 Å². The van der Waals surface area contributed by atoms with Crippen molar-refractivity contribution in [1.82, 2.24) is 34.2 Å². The molecule has 7 heterocycles. The van der Waals surface area contributed by atoms with Gasteiger partial charge >= 0.3 is 53.0 Å². The smallest absolute Gasteiger partial charge is 0.433 e. The molecular formula is C71H98Cl4F6N7O13P3. The van der Waals surface area contributed by atoms with Crippen molar-refractivity contribution in [1.29, 1.82) is 0 Å². The minimum atomic E-state index is -4.56. The molecule has 33 heteroatoms. The maximum absolute atomic E-state index is 13.3. The molecule has 3 aliphatic rings. The van der Waals surface area contributed by atoms with Crippen LogP contribution in [0.3, 0.4) is 0 Å². The quantitative estimate of drug-likeness (QED) is 0.0387. The summed E-state index contributed by atoms with van der Waals surface area (Å²) in [6, 6.07) is 12.8. The van der Waals surface area contributed by atoms with Gasteiger partial charge in [0.2, 0.25) is 0 Å². The van der Waals surface area contributed by atoms with E-state index in [0.717, 1.165) is 44.6 Å². The van der Waals surface area contributed by atoms with Crippen molar-refractivity contribution in [3.8, 4) is 0 Å². The van der Waals surface area contributed by atoms with Gasteiger partial charge in [-0.1, -0.05) is 74.1 Å². The number of hydrogen-bond donors (Lipinski definition) is 2. The zero-order valence-electron chi connectivity index (χ0n) is 61.4. The van der Waals surface area contributed by atoms with Gasteiger partial charge in [0.05, 0.1) is 52.9 Å². The van der Waals surface area contributed by atoms with Gasteiger partial charge < -0.3 is 33.9 Å². The maximum atomic E-state index is 13.3. The van der Waals surface area contributed by atoms with Crippen LogP contribution in [0.5, 0.6) is 0 Å². The number of halogens is 10. The number of carbonyl (C=O) groups excluding carboxylic acids is 3. The zero-order chi connectivity index (χ0) is 78.0. The Morgan fingerprint density at radius 1 is 0.606 bits per heavy atom. The molecule has 0 aliphatic carbocycles. The second-order valence-corrected chi connectivity index (χ2v) is 34.7. The molecule has 0 radical (unpaired) electrons. The highest BCUT2D eigenvalue weighted by Gasteiger charge is 2.51. The summed E-state index contributed by atoms with van der Waals surface area (Å²) >= 11 is 25.5. The molecule has 104 heavy (non-hydrogen) atoms. The molecule has 0 atom stereocenters. The van der Waals surface area contributed by atoms with Crippen molar-refractivity contribution in [2.75, 3.05) is 64.4 Å². The van der Waals surface area contributed by atoms with Crippen molar-refractivity contribution in [3.63, 3.8) is 0 Å². The van der Waals surface area contributed by atoms with E-state index in [-0.39, 0.29) is 87.0 Å². The number of esters is 2. The van der Waals surface area contributed by atoms with Crippen molar-refractivity contribution < 1.29 is 86.7 Å². The van der Waals surface area contributed by atoms with Crippen LogP contribution in [0, 0.1) is 25.7 Å². The molecule has 0 unspecified atom stereocenters. The SMILES string of the molecule is CCCP1(=O)OP(=O)(CCC)OP(=O)(CCC)O1.CCN(C(C)C)C(C)C.CCOC(=O)CC1CCN(C(=O)c2ccc(Cl)c(Cc3cc4c(C)cc(C(F)(F)F)nc4n3C)c2Cl)CC1.CCOC(=O)CC1CCNCC1.Cc1cc(C(F)(F)F)nc2c1cc(Cc1c(Cl)ccc(C(=O)O)c1Cl)n2C. The highest BCUT2D eigenvalue weighted by Crippen LogP contribution is 2.82. The number of aromatic carboxylic acids is 1. The number of pyridine rings is 2. The average molecular weight is 1610 g/mol. The van der Waals surface area contributed by atoms with Crippen LogP contribution < -0.4 is 5.32 Å². The van der Waals surface area contributed by atoms with Crippen molar-refractivity contribution in [2.45, 2.75) is 178 Å². The highest BCUT2D eigenvalue weighted by atomic mass is 35.5. The molecule has 3 saturated heterocycles. The number of piperidine rings is 2. The molecule has 2 aromatic carbocycles. The third kappa shape index (κ3) is 25.0. The van der Waals surface area contributed by atoms with Gasteiger partial charge in [-0.05, 0) is 203 Å². The van der Waals surface area contributed by atoms with E-state index in [1.165, 1.54) is 16.7 Å². The van der Waals surface area contributed by atoms with Gasteiger partial charge in [-0.2, -0.15) is 26.3 Å². The molecule has 20 nitrogen and oxygen atoms in total. The van der Waals surface area contributed by atoms with Crippen LogP contribution in [-0.2, 0) is 85.0 Å². The number of aromatic nitrogens is 4. The van der Waals surface area contributed by atoms with Gasteiger partial charge in [0, 0.05) is 97.2 Å². The summed E-state index contributed by atoms with van der Waals surface area (Å²) in [6.07, 6.45) is -2.29. The lowest BCUT2D eigenvalue weighted by Gasteiger charge is -2.33. The Labute approximate surface area is 625 Å². The number of nitrogens with zero attached hydrogens (tertiary/aromatic N) is 6. The van der Waals surface area contributed by atoms with Gasteiger partial charge in [-0.15, -0.1) is 0 Å². The number of carbonyl (C=O) groups is 4. The molecule has 0 spiro atoms. The molecule has 9 rings (SSSR count). The number of fused-ring (bicyclic) bond motifs is 2. The van der Waals surface area contributed by atoms with E-state index in [2.05, 4.69) is 54.8 Å². The number of amides is 1. The summed E-state index contributed by atoms with van der Waals surface area (Å²) in [5.74, 6) is -0.976. The second-order valence-electron chi connectivity index (χ2n) is 26.2. The molecular weight excluding hydrogens is 1510 g/mol. The second kappa shape index (κ2) is 39.9. The molecule has 6 aromatic rings. The number of carboxylic acid groups (broad SMARTS) is 1. The van der Waals surface area contributed by atoms with Gasteiger partial charge in [0.1, 0.15) is 22.7 Å². The van der Waals surface area contributed by atoms with Crippen LogP contribution in [0.4, 0.5) is 26.3 Å². The van der Waals surface area contributed by atoms with Crippen molar-refractivity contribution in [3.05, 3.63) is 125 Å². The Kier molecular flexibility index (Phi) is 34.3.